The molecule has 0 aliphatic heterocycles. The first-order valence-corrected chi connectivity index (χ1v) is 8.19. The average Bonchev–Trinajstić information content (AvgIpc) is 3.37. The van der Waals surface area contributed by atoms with Crippen molar-refractivity contribution in [1.82, 2.24) is 14.6 Å². The number of nitrogens with zero attached hydrogens (tertiary/aromatic N) is 3. The summed E-state index contributed by atoms with van der Waals surface area (Å²) in [4.78, 5) is 27.8. The molecule has 8 nitrogen and oxygen atoms in total. The summed E-state index contributed by atoms with van der Waals surface area (Å²) in [5, 5.41) is 16.1. The summed E-state index contributed by atoms with van der Waals surface area (Å²) in [5.74, 6) is 0.346. The van der Waals surface area contributed by atoms with Gasteiger partial charge in [-0.05, 0) is 24.5 Å². The summed E-state index contributed by atoms with van der Waals surface area (Å²) >= 11 is 0. The van der Waals surface area contributed by atoms with Crippen LogP contribution in [0.5, 0.6) is 0 Å². The van der Waals surface area contributed by atoms with E-state index in [2.05, 4.69) is 15.4 Å². The number of ether oxygens (including phenoxy) is 1. The van der Waals surface area contributed by atoms with Gasteiger partial charge in [0.1, 0.15) is 11.9 Å². The molecule has 0 spiro atoms. The number of amides is 1. The Bertz CT molecular complexity index is 994. The highest BCUT2D eigenvalue weighted by molar-refractivity contribution is 5.88. The van der Waals surface area contributed by atoms with Crippen molar-refractivity contribution in [3.05, 3.63) is 47.7 Å². The van der Waals surface area contributed by atoms with E-state index in [4.69, 9.17) is 4.74 Å². The fourth-order valence-electron chi connectivity index (χ4n) is 2.60. The predicted molar refractivity (Wildman–Crippen MR) is 92.9 cm³/mol. The van der Waals surface area contributed by atoms with Crippen molar-refractivity contribution in [2.24, 2.45) is 0 Å². The average molecular weight is 352 g/mol. The lowest BCUT2D eigenvalue weighted by molar-refractivity contribution is 0.112. The number of hydrogen-bond donors (Lipinski definition) is 2. The topological polar surface area (TPSA) is 106 Å². The van der Waals surface area contributed by atoms with Gasteiger partial charge in [-0.2, -0.15) is 9.61 Å². The largest absolute Gasteiger partial charge is 0.446 e. The van der Waals surface area contributed by atoms with Crippen molar-refractivity contribution >= 4 is 23.8 Å². The monoisotopic (exact) mass is 352 g/mol. The number of rotatable bonds is 5. The van der Waals surface area contributed by atoms with Gasteiger partial charge in [0, 0.05) is 11.6 Å². The normalized spacial score (nSPS) is 13.6. The minimum Gasteiger partial charge on any atom is -0.446 e. The molecule has 1 aromatic carbocycles. The number of aliphatic hydroxyl groups excluding tert-OH is 1. The summed E-state index contributed by atoms with van der Waals surface area (Å²) in [5.41, 5.74) is 2.65. The van der Waals surface area contributed by atoms with Crippen molar-refractivity contribution in [2.75, 3.05) is 5.32 Å². The zero-order chi connectivity index (χ0) is 18.1. The summed E-state index contributed by atoms with van der Waals surface area (Å²) in [6, 6.07) is 8.88. The second-order valence-corrected chi connectivity index (χ2v) is 6.07. The van der Waals surface area contributed by atoms with E-state index in [1.54, 1.807) is 24.3 Å². The van der Waals surface area contributed by atoms with Crippen LogP contribution in [0, 0.1) is 0 Å². The molecule has 1 fully saturated rings. The van der Waals surface area contributed by atoms with E-state index in [9.17, 15) is 14.7 Å². The first kappa shape index (κ1) is 16.2. The Morgan fingerprint density at radius 3 is 2.96 bits per heavy atom. The number of benzene rings is 1. The van der Waals surface area contributed by atoms with E-state index < -0.39 is 6.09 Å². The van der Waals surface area contributed by atoms with Gasteiger partial charge in [-0.25, -0.2) is 9.78 Å². The predicted octanol–water partition coefficient (Wildman–Crippen LogP) is 2.41. The van der Waals surface area contributed by atoms with Crippen LogP contribution >= 0.6 is 0 Å². The standard InChI is InChI=1S/C18H16N4O4/c23-9-11-2-1-3-12(6-11)15-7-16(21-18(25)26-14-4-5-14)22-17(20-15)13(10-24)8-19-22/h1-3,6-8,10,14,23H,4-5,9H2,(H,21,25). The SMILES string of the molecule is O=Cc1cnn2c(NC(=O)OC3CC3)cc(-c3cccc(CO)c3)nc12. The summed E-state index contributed by atoms with van der Waals surface area (Å²) < 4.78 is 6.60. The maximum absolute atomic E-state index is 12.0. The van der Waals surface area contributed by atoms with Crippen LogP contribution in [0.2, 0.25) is 0 Å². The van der Waals surface area contributed by atoms with Crippen LogP contribution in [0.15, 0.2) is 36.5 Å². The molecule has 0 bridgehead atoms. The Morgan fingerprint density at radius 1 is 1.38 bits per heavy atom. The number of hydrogen-bond acceptors (Lipinski definition) is 6. The fourth-order valence-corrected chi connectivity index (χ4v) is 2.60. The molecule has 2 heterocycles. The maximum atomic E-state index is 12.0. The lowest BCUT2D eigenvalue weighted by Gasteiger charge is -2.10. The Kier molecular flexibility index (Phi) is 4.10. The molecular formula is C18H16N4O4. The van der Waals surface area contributed by atoms with Gasteiger partial charge in [-0.1, -0.05) is 18.2 Å². The number of anilines is 1. The Labute approximate surface area is 148 Å². The number of carbonyl (C=O) groups is 2. The minimum absolute atomic E-state index is 0.0313. The van der Waals surface area contributed by atoms with Crippen molar-refractivity contribution in [3.63, 3.8) is 0 Å². The molecule has 132 valence electrons. The van der Waals surface area contributed by atoms with Crippen LogP contribution < -0.4 is 5.32 Å². The third-order valence-electron chi connectivity index (χ3n) is 4.06. The lowest BCUT2D eigenvalue weighted by atomic mass is 10.1. The van der Waals surface area contributed by atoms with Crippen LogP contribution in [-0.4, -0.2) is 38.2 Å². The van der Waals surface area contributed by atoms with Gasteiger partial charge in [-0.15, -0.1) is 0 Å². The molecule has 0 radical (unpaired) electrons. The zero-order valence-corrected chi connectivity index (χ0v) is 13.8. The highest BCUT2D eigenvalue weighted by Crippen LogP contribution is 2.26. The van der Waals surface area contributed by atoms with Gasteiger partial charge < -0.3 is 9.84 Å². The van der Waals surface area contributed by atoms with E-state index in [1.165, 1.54) is 10.7 Å². The molecule has 8 heteroatoms. The quantitative estimate of drug-likeness (QED) is 0.683. The lowest BCUT2D eigenvalue weighted by Crippen LogP contribution is -2.17. The first-order chi connectivity index (χ1) is 12.7. The number of nitrogens with one attached hydrogen (secondary N) is 1. The second kappa shape index (κ2) is 6.57. The molecule has 3 aromatic rings. The molecule has 1 saturated carbocycles. The number of carbonyl (C=O) groups excluding carboxylic acids is 2. The van der Waals surface area contributed by atoms with E-state index in [1.807, 2.05) is 6.07 Å². The van der Waals surface area contributed by atoms with E-state index in [0.29, 0.717) is 29.0 Å². The van der Waals surface area contributed by atoms with Crippen LogP contribution in [-0.2, 0) is 11.3 Å². The van der Waals surface area contributed by atoms with Crippen LogP contribution in [0.25, 0.3) is 16.9 Å². The summed E-state index contributed by atoms with van der Waals surface area (Å²) in [6.07, 6.45) is 3.19. The van der Waals surface area contributed by atoms with E-state index >= 15 is 0 Å². The molecule has 4 rings (SSSR count). The van der Waals surface area contributed by atoms with Gasteiger partial charge in [0.2, 0.25) is 0 Å². The summed E-state index contributed by atoms with van der Waals surface area (Å²) in [6.45, 7) is -0.0961. The molecule has 1 aliphatic rings. The Morgan fingerprint density at radius 2 is 2.23 bits per heavy atom. The van der Waals surface area contributed by atoms with Crippen molar-refractivity contribution < 1.29 is 19.4 Å². The van der Waals surface area contributed by atoms with Crippen LogP contribution in [0.3, 0.4) is 0 Å². The highest BCUT2D eigenvalue weighted by Gasteiger charge is 2.26. The maximum Gasteiger partial charge on any atom is 0.413 e. The number of aldehydes is 1. The highest BCUT2D eigenvalue weighted by atomic mass is 16.6. The number of aliphatic hydroxyl groups is 1. The molecule has 1 aliphatic carbocycles. The first-order valence-electron chi connectivity index (χ1n) is 8.19. The van der Waals surface area contributed by atoms with Gasteiger partial charge in [-0.3, -0.25) is 10.1 Å². The number of aromatic nitrogens is 3. The van der Waals surface area contributed by atoms with E-state index in [0.717, 1.165) is 24.0 Å². The van der Waals surface area contributed by atoms with Gasteiger partial charge >= 0.3 is 6.09 Å². The third-order valence-corrected chi connectivity index (χ3v) is 4.06. The molecule has 2 aromatic heterocycles. The summed E-state index contributed by atoms with van der Waals surface area (Å²) in [7, 11) is 0. The molecule has 0 atom stereocenters. The zero-order valence-electron chi connectivity index (χ0n) is 13.8. The second-order valence-electron chi connectivity index (χ2n) is 6.07. The molecular weight excluding hydrogens is 336 g/mol. The van der Waals surface area contributed by atoms with Crippen LogP contribution in [0.4, 0.5) is 10.6 Å². The van der Waals surface area contributed by atoms with Gasteiger partial charge in [0.15, 0.2) is 11.9 Å². The fraction of sp³-hybridized carbons (Fsp3) is 0.222. The van der Waals surface area contributed by atoms with E-state index in [-0.39, 0.29) is 12.7 Å². The third kappa shape index (κ3) is 3.14. The Hall–Kier alpha value is -3.26. The molecule has 1 amide bonds. The minimum atomic E-state index is -0.571. The molecule has 0 saturated heterocycles. The van der Waals surface area contributed by atoms with Crippen LogP contribution in [0.1, 0.15) is 28.8 Å². The molecule has 2 N–H and O–H groups in total. The smallest absolute Gasteiger partial charge is 0.413 e. The van der Waals surface area contributed by atoms with Crippen molar-refractivity contribution in [3.8, 4) is 11.3 Å². The Balaban J connectivity index is 1.79. The van der Waals surface area contributed by atoms with Crippen molar-refractivity contribution in [1.29, 1.82) is 0 Å². The van der Waals surface area contributed by atoms with Gasteiger partial charge in [0.25, 0.3) is 0 Å². The number of fused-ring (bicyclic) bond motifs is 1. The van der Waals surface area contributed by atoms with Crippen molar-refractivity contribution in [2.45, 2.75) is 25.6 Å². The molecule has 26 heavy (non-hydrogen) atoms. The van der Waals surface area contributed by atoms with Gasteiger partial charge in [0.05, 0.1) is 24.1 Å². The molecule has 0 unspecified atom stereocenters.